The van der Waals surface area contributed by atoms with Crippen LogP contribution in [0.15, 0.2) is 0 Å². The normalized spacial score (nSPS) is 12.8. The second kappa shape index (κ2) is 15.9. The topological polar surface area (TPSA) is 36.9 Å². The number of hydrogen-bond donors (Lipinski definition) is 0. The summed E-state index contributed by atoms with van der Waals surface area (Å²) in [6, 6.07) is 0. The Morgan fingerprint density at radius 2 is 1.00 bits per heavy atom. The van der Waals surface area contributed by atoms with Crippen LogP contribution in [0.25, 0.3) is 0 Å². The van der Waals surface area contributed by atoms with Gasteiger partial charge in [0.05, 0.1) is 39.6 Å². The van der Waals surface area contributed by atoms with Gasteiger partial charge in [-0.05, 0) is 52.6 Å². The summed E-state index contributed by atoms with van der Waals surface area (Å²) in [5, 5.41) is 0. The largest absolute Gasteiger partial charge is 0.379 e. The van der Waals surface area contributed by atoms with Gasteiger partial charge in [-0.2, -0.15) is 0 Å². The van der Waals surface area contributed by atoms with Crippen molar-refractivity contribution in [1.29, 1.82) is 0 Å². The molecular formula is C13H27Cl3O4S. The number of rotatable bonds is 16. The van der Waals surface area contributed by atoms with Crippen LogP contribution in [0.5, 0.6) is 0 Å². The molecule has 130 valence electrons. The molecule has 0 fully saturated rings. The molecule has 0 aliphatic heterocycles. The van der Waals surface area contributed by atoms with Crippen LogP contribution < -0.4 is 0 Å². The molecule has 0 spiro atoms. The van der Waals surface area contributed by atoms with Crippen molar-refractivity contribution in [1.82, 2.24) is 0 Å². The number of ether oxygens (including phenoxy) is 4. The standard InChI is InChI=1S/C13H27Cl3O4S/c1-2-3-5-17-7-9-19-11-12-20-10-8-18-6-4-13-21(14,15)16/h2-13H2,1H3. The zero-order valence-corrected chi connectivity index (χ0v) is 15.7. The van der Waals surface area contributed by atoms with Crippen molar-refractivity contribution in [3.63, 3.8) is 0 Å². The van der Waals surface area contributed by atoms with E-state index in [0.717, 1.165) is 25.9 Å². The van der Waals surface area contributed by atoms with Crippen LogP contribution in [0.4, 0.5) is 0 Å². The highest BCUT2D eigenvalue weighted by atomic mass is 36.2. The molecule has 0 aromatic rings. The molecule has 0 atom stereocenters. The Hall–Kier alpha value is 1.06. The smallest absolute Gasteiger partial charge is 0.0701 e. The summed E-state index contributed by atoms with van der Waals surface area (Å²) in [6.45, 7) is 7.06. The van der Waals surface area contributed by atoms with Gasteiger partial charge in [0.1, 0.15) is 0 Å². The van der Waals surface area contributed by atoms with E-state index < -0.39 is 7.67 Å². The first-order chi connectivity index (χ1) is 10.1. The highest BCUT2D eigenvalue weighted by Crippen LogP contribution is 2.63. The molecule has 0 amide bonds. The van der Waals surface area contributed by atoms with Crippen molar-refractivity contribution in [3.8, 4) is 0 Å². The van der Waals surface area contributed by atoms with E-state index in [0.29, 0.717) is 52.0 Å². The van der Waals surface area contributed by atoms with E-state index in [9.17, 15) is 0 Å². The van der Waals surface area contributed by atoms with Gasteiger partial charge in [0.25, 0.3) is 0 Å². The minimum Gasteiger partial charge on any atom is -0.379 e. The lowest BCUT2D eigenvalue weighted by atomic mass is 10.4. The Labute approximate surface area is 143 Å². The van der Waals surface area contributed by atoms with Gasteiger partial charge in [0.15, 0.2) is 0 Å². The minimum absolute atomic E-state index is 0.551. The molecule has 8 heteroatoms. The molecule has 0 aromatic carbocycles. The summed E-state index contributed by atoms with van der Waals surface area (Å²) >= 11 is 0. The van der Waals surface area contributed by atoms with Gasteiger partial charge < -0.3 is 18.9 Å². The Balaban J connectivity index is 3.00. The number of unbranched alkanes of at least 4 members (excludes halogenated alkanes) is 1. The van der Waals surface area contributed by atoms with Crippen LogP contribution in [0.1, 0.15) is 26.2 Å². The van der Waals surface area contributed by atoms with Crippen LogP contribution in [0.3, 0.4) is 0 Å². The van der Waals surface area contributed by atoms with E-state index in [1.165, 1.54) is 0 Å². The first-order valence-electron chi connectivity index (χ1n) is 7.27. The first kappa shape index (κ1) is 22.1. The summed E-state index contributed by atoms with van der Waals surface area (Å²) in [5.74, 6) is 0.576. The quantitative estimate of drug-likeness (QED) is 0.366. The Morgan fingerprint density at radius 1 is 0.619 bits per heavy atom. The molecular weight excluding hydrogens is 359 g/mol. The average molecular weight is 386 g/mol. The molecule has 0 N–H and O–H groups in total. The van der Waals surface area contributed by atoms with E-state index in [1.807, 2.05) is 0 Å². The summed E-state index contributed by atoms with van der Waals surface area (Å²) < 4.78 is 21.5. The van der Waals surface area contributed by atoms with Crippen LogP contribution in [0.2, 0.25) is 0 Å². The van der Waals surface area contributed by atoms with Crippen molar-refractivity contribution in [2.24, 2.45) is 0 Å². The van der Waals surface area contributed by atoms with Gasteiger partial charge in [0.2, 0.25) is 0 Å². The van der Waals surface area contributed by atoms with E-state index in [2.05, 4.69) is 6.92 Å². The predicted octanol–water partition coefficient (Wildman–Crippen LogP) is 4.51. The summed E-state index contributed by atoms with van der Waals surface area (Å²) in [7, 11) is 15.1. The lowest BCUT2D eigenvalue weighted by Crippen LogP contribution is -2.12. The fourth-order valence-electron chi connectivity index (χ4n) is 1.33. The van der Waals surface area contributed by atoms with E-state index in [-0.39, 0.29) is 0 Å². The molecule has 0 heterocycles. The third-order valence-corrected chi connectivity index (χ3v) is 4.56. The first-order valence-corrected chi connectivity index (χ1v) is 11.5. The van der Waals surface area contributed by atoms with Crippen LogP contribution >= 0.6 is 39.7 Å². The second-order valence-corrected chi connectivity index (χ2v) is 11.9. The van der Waals surface area contributed by atoms with Crippen molar-refractivity contribution in [2.45, 2.75) is 26.2 Å². The molecule has 0 rings (SSSR count). The molecule has 0 aliphatic carbocycles. The zero-order chi connectivity index (χ0) is 15.8. The van der Waals surface area contributed by atoms with Gasteiger partial charge in [-0.3, -0.25) is 0 Å². The number of halogens is 3. The monoisotopic (exact) mass is 384 g/mol. The molecule has 4 nitrogen and oxygen atoms in total. The third-order valence-electron chi connectivity index (χ3n) is 2.42. The summed E-state index contributed by atoms with van der Waals surface area (Å²) in [6.07, 6.45) is 3.02. The van der Waals surface area contributed by atoms with Gasteiger partial charge in [0, 0.05) is 19.0 Å². The van der Waals surface area contributed by atoms with E-state index in [4.69, 9.17) is 51.0 Å². The third kappa shape index (κ3) is 21.1. The summed E-state index contributed by atoms with van der Waals surface area (Å²) in [5.41, 5.74) is 0. The fourth-order valence-corrected chi connectivity index (χ4v) is 2.76. The molecule has 0 radical (unpaired) electrons. The second-order valence-electron chi connectivity index (χ2n) is 4.36. The highest BCUT2D eigenvalue weighted by molar-refractivity contribution is 8.79. The highest BCUT2D eigenvalue weighted by Gasteiger charge is 2.11. The van der Waals surface area contributed by atoms with Crippen LogP contribution in [0, 0.1) is 0 Å². The van der Waals surface area contributed by atoms with Crippen molar-refractivity contribution >= 4 is 39.7 Å². The predicted molar refractivity (Wildman–Crippen MR) is 92.8 cm³/mol. The summed E-state index contributed by atoms with van der Waals surface area (Å²) in [4.78, 5) is 0. The van der Waals surface area contributed by atoms with Gasteiger partial charge in [-0.1, -0.05) is 13.3 Å². The maximum atomic E-state index is 5.70. The SMILES string of the molecule is CCCCOCCOCCOCCOCCCS(Cl)(Cl)Cl. The van der Waals surface area contributed by atoms with Gasteiger partial charge in [-0.15, -0.1) is 0 Å². The van der Waals surface area contributed by atoms with Crippen molar-refractivity contribution in [3.05, 3.63) is 0 Å². The Bertz CT molecular complexity index is 218. The molecule has 0 aromatic heterocycles. The van der Waals surface area contributed by atoms with E-state index in [1.54, 1.807) is 0 Å². The molecule has 0 bridgehead atoms. The zero-order valence-electron chi connectivity index (χ0n) is 12.7. The van der Waals surface area contributed by atoms with Gasteiger partial charge >= 0.3 is 0 Å². The molecule has 0 saturated heterocycles. The van der Waals surface area contributed by atoms with Crippen LogP contribution in [-0.4, -0.2) is 58.6 Å². The van der Waals surface area contributed by atoms with E-state index >= 15 is 0 Å². The molecule has 0 unspecified atom stereocenters. The Morgan fingerprint density at radius 3 is 1.38 bits per heavy atom. The maximum absolute atomic E-state index is 5.70. The van der Waals surface area contributed by atoms with Crippen LogP contribution in [-0.2, 0) is 18.9 Å². The number of hydrogen-bond acceptors (Lipinski definition) is 4. The average Bonchev–Trinajstić information content (AvgIpc) is 2.42. The fraction of sp³-hybridized carbons (Fsp3) is 1.00. The van der Waals surface area contributed by atoms with Crippen molar-refractivity contribution in [2.75, 3.05) is 58.6 Å². The minimum atomic E-state index is -1.96. The van der Waals surface area contributed by atoms with Crippen molar-refractivity contribution < 1.29 is 18.9 Å². The maximum Gasteiger partial charge on any atom is 0.0701 e. The van der Waals surface area contributed by atoms with Gasteiger partial charge in [-0.25, -0.2) is 0 Å². The lowest BCUT2D eigenvalue weighted by molar-refractivity contribution is -0.00189. The lowest BCUT2D eigenvalue weighted by Gasteiger charge is -2.14. The molecule has 21 heavy (non-hydrogen) atoms. The molecule has 0 saturated carbocycles. The molecule has 0 aliphatic rings. The Kier molecular flexibility index (Phi) is 16.7.